The van der Waals surface area contributed by atoms with Crippen LogP contribution in [0.25, 0.3) is 0 Å². The third kappa shape index (κ3) is 1.92. The highest BCUT2D eigenvalue weighted by Crippen LogP contribution is 2.36. The van der Waals surface area contributed by atoms with E-state index in [0.29, 0.717) is 12.5 Å². The summed E-state index contributed by atoms with van der Waals surface area (Å²) in [6.07, 6.45) is 2.96. The molecule has 0 amide bonds. The normalized spacial score (nSPS) is 38.0. The van der Waals surface area contributed by atoms with Crippen LogP contribution in [0.4, 0.5) is 0 Å². The van der Waals surface area contributed by atoms with Crippen molar-refractivity contribution in [1.82, 2.24) is 0 Å². The van der Waals surface area contributed by atoms with Crippen molar-refractivity contribution in [2.75, 3.05) is 6.61 Å². The molecule has 3 nitrogen and oxygen atoms in total. The molecule has 3 heteroatoms. The highest BCUT2D eigenvalue weighted by Gasteiger charge is 2.45. The summed E-state index contributed by atoms with van der Waals surface area (Å²) in [4.78, 5) is 11.7. The number of rotatable bonds is 2. The third-order valence-electron chi connectivity index (χ3n) is 3.57. The first-order valence-corrected chi connectivity index (χ1v) is 5.48. The Morgan fingerprint density at radius 1 is 1.57 bits per heavy atom. The summed E-state index contributed by atoms with van der Waals surface area (Å²) >= 11 is 0. The van der Waals surface area contributed by atoms with Gasteiger partial charge in [0.1, 0.15) is 5.54 Å². The molecular formula is C11H21NO2. The molecule has 0 aliphatic heterocycles. The van der Waals surface area contributed by atoms with Gasteiger partial charge in [0, 0.05) is 0 Å². The Morgan fingerprint density at radius 2 is 2.21 bits per heavy atom. The van der Waals surface area contributed by atoms with Gasteiger partial charge in [0.05, 0.1) is 6.61 Å². The highest BCUT2D eigenvalue weighted by atomic mass is 16.5. The predicted octanol–water partition coefficient (Wildman–Crippen LogP) is 1.70. The van der Waals surface area contributed by atoms with Gasteiger partial charge in [-0.2, -0.15) is 0 Å². The predicted molar refractivity (Wildman–Crippen MR) is 55.7 cm³/mol. The fourth-order valence-corrected chi connectivity index (χ4v) is 2.26. The summed E-state index contributed by atoms with van der Waals surface area (Å²) in [5, 5.41) is 0. The molecule has 1 saturated carbocycles. The molecule has 1 rings (SSSR count). The van der Waals surface area contributed by atoms with E-state index in [1.165, 1.54) is 6.42 Å². The van der Waals surface area contributed by atoms with Crippen molar-refractivity contribution in [1.29, 1.82) is 0 Å². The van der Waals surface area contributed by atoms with Crippen molar-refractivity contribution >= 4 is 5.97 Å². The van der Waals surface area contributed by atoms with Crippen molar-refractivity contribution < 1.29 is 9.53 Å². The number of hydrogen-bond acceptors (Lipinski definition) is 3. The monoisotopic (exact) mass is 199 g/mol. The first-order chi connectivity index (χ1) is 6.52. The van der Waals surface area contributed by atoms with Crippen molar-refractivity contribution in [2.45, 2.75) is 45.6 Å². The van der Waals surface area contributed by atoms with E-state index in [4.69, 9.17) is 10.5 Å². The molecule has 0 aromatic rings. The largest absolute Gasteiger partial charge is 0.465 e. The van der Waals surface area contributed by atoms with E-state index in [9.17, 15) is 4.79 Å². The van der Waals surface area contributed by atoms with Crippen LogP contribution in [0.2, 0.25) is 0 Å². The van der Waals surface area contributed by atoms with E-state index in [-0.39, 0.29) is 11.9 Å². The summed E-state index contributed by atoms with van der Waals surface area (Å²) in [5.74, 6) is 0.507. The summed E-state index contributed by atoms with van der Waals surface area (Å²) in [6, 6.07) is 0. The molecule has 0 aromatic heterocycles. The first-order valence-electron chi connectivity index (χ1n) is 5.48. The third-order valence-corrected chi connectivity index (χ3v) is 3.57. The number of ether oxygens (including phenoxy) is 1. The van der Waals surface area contributed by atoms with Crippen LogP contribution in [-0.4, -0.2) is 18.1 Å². The fourth-order valence-electron chi connectivity index (χ4n) is 2.26. The molecule has 0 radical (unpaired) electrons. The van der Waals surface area contributed by atoms with Gasteiger partial charge in [-0.15, -0.1) is 0 Å². The second-order valence-corrected chi connectivity index (χ2v) is 4.42. The summed E-state index contributed by atoms with van der Waals surface area (Å²) in [6.45, 7) is 6.45. The van der Waals surface area contributed by atoms with Gasteiger partial charge >= 0.3 is 5.97 Å². The van der Waals surface area contributed by atoms with Crippen molar-refractivity contribution in [3.8, 4) is 0 Å². The molecule has 0 spiro atoms. The maximum atomic E-state index is 11.7. The van der Waals surface area contributed by atoms with Gasteiger partial charge < -0.3 is 10.5 Å². The zero-order chi connectivity index (χ0) is 10.8. The molecule has 0 aromatic carbocycles. The van der Waals surface area contributed by atoms with Crippen LogP contribution < -0.4 is 5.73 Å². The summed E-state index contributed by atoms with van der Waals surface area (Å²) in [7, 11) is 0. The van der Waals surface area contributed by atoms with Crippen LogP contribution in [0.1, 0.15) is 40.0 Å². The molecule has 3 atom stereocenters. The van der Waals surface area contributed by atoms with Gasteiger partial charge in [-0.05, 0) is 25.2 Å². The maximum absolute atomic E-state index is 11.7. The number of esters is 1. The molecule has 3 unspecified atom stereocenters. The Morgan fingerprint density at radius 3 is 2.79 bits per heavy atom. The summed E-state index contributed by atoms with van der Waals surface area (Å²) < 4.78 is 5.04. The lowest BCUT2D eigenvalue weighted by atomic mass is 9.69. The van der Waals surface area contributed by atoms with E-state index < -0.39 is 5.54 Å². The Balaban J connectivity index is 2.74. The smallest absolute Gasteiger partial charge is 0.326 e. The van der Waals surface area contributed by atoms with Crippen LogP contribution in [0.15, 0.2) is 0 Å². The number of hydrogen-bond donors (Lipinski definition) is 1. The average Bonchev–Trinajstić information content (AvgIpc) is 2.14. The minimum Gasteiger partial charge on any atom is -0.465 e. The van der Waals surface area contributed by atoms with E-state index in [1.807, 2.05) is 6.92 Å². The van der Waals surface area contributed by atoms with Gasteiger partial charge in [-0.25, -0.2) is 0 Å². The van der Waals surface area contributed by atoms with Crippen molar-refractivity contribution in [3.63, 3.8) is 0 Å². The zero-order valence-electron chi connectivity index (χ0n) is 9.38. The van der Waals surface area contributed by atoms with Crippen LogP contribution in [0.3, 0.4) is 0 Å². The van der Waals surface area contributed by atoms with Gasteiger partial charge in [0.2, 0.25) is 0 Å². The molecule has 2 N–H and O–H groups in total. The van der Waals surface area contributed by atoms with Crippen LogP contribution in [0, 0.1) is 11.8 Å². The molecule has 0 bridgehead atoms. The Kier molecular flexibility index (Phi) is 3.53. The van der Waals surface area contributed by atoms with Crippen LogP contribution >= 0.6 is 0 Å². The SMILES string of the molecule is CCOC(=O)C1(N)CCCC(C)C1C. The first kappa shape index (κ1) is 11.5. The number of nitrogens with two attached hydrogens (primary N) is 1. The van der Waals surface area contributed by atoms with Crippen LogP contribution in [-0.2, 0) is 9.53 Å². The zero-order valence-corrected chi connectivity index (χ0v) is 9.38. The van der Waals surface area contributed by atoms with Crippen LogP contribution in [0.5, 0.6) is 0 Å². The second-order valence-electron chi connectivity index (χ2n) is 4.42. The molecular weight excluding hydrogens is 178 g/mol. The van der Waals surface area contributed by atoms with E-state index in [2.05, 4.69) is 13.8 Å². The molecule has 1 aliphatic carbocycles. The quantitative estimate of drug-likeness (QED) is 0.689. The van der Waals surface area contributed by atoms with Gasteiger partial charge in [-0.1, -0.05) is 26.7 Å². The van der Waals surface area contributed by atoms with E-state index in [1.54, 1.807) is 0 Å². The topological polar surface area (TPSA) is 52.3 Å². The Hall–Kier alpha value is -0.570. The average molecular weight is 199 g/mol. The molecule has 0 saturated heterocycles. The standard InChI is InChI=1S/C11H21NO2/c1-4-14-10(13)11(12)7-5-6-8(2)9(11)3/h8-9H,4-7,12H2,1-3H3. The van der Waals surface area contributed by atoms with Gasteiger partial charge in [0.25, 0.3) is 0 Å². The molecule has 1 fully saturated rings. The number of carbonyl (C=O) groups is 1. The molecule has 0 heterocycles. The molecule has 1 aliphatic rings. The molecule has 14 heavy (non-hydrogen) atoms. The lowest BCUT2D eigenvalue weighted by Gasteiger charge is -2.40. The van der Waals surface area contributed by atoms with E-state index >= 15 is 0 Å². The van der Waals surface area contributed by atoms with Gasteiger partial charge in [0.15, 0.2) is 0 Å². The molecule has 82 valence electrons. The number of carbonyl (C=O) groups excluding carboxylic acids is 1. The minimum atomic E-state index is -0.742. The van der Waals surface area contributed by atoms with Crippen molar-refractivity contribution in [2.24, 2.45) is 17.6 Å². The lowest BCUT2D eigenvalue weighted by Crippen LogP contribution is -2.57. The van der Waals surface area contributed by atoms with Crippen molar-refractivity contribution in [3.05, 3.63) is 0 Å². The summed E-state index contributed by atoms with van der Waals surface area (Å²) in [5.41, 5.74) is 5.41. The highest BCUT2D eigenvalue weighted by molar-refractivity contribution is 5.81. The minimum absolute atomic E-state index is 0.218. The maximum Gasteiger partial charge on any atom is 0.326 e. The fraction of sp³-hybridized carbons (Fsp3) is 0.909. The Bertz CT molecular complexity index is 217. The Labute approximate surface area is 86.0 Å². The second kappa shape index (κ2) is 4.30. The lowest BCUT2D eigenvalue weighted by molar-refractivity contribution is -0.154. The van der Waals surface area contributed by atoms with E-state index in [0.717, 1.165) is 12.8 Å². The van der Waals surface area contributed by atoms with Gasteiger partial charge in [-0.3, -0.25) is 4.79 Å².